The van der Waals surface area contributed by atoms with Crippen molar-refractivity contribution in [2.24, 2.45) is 5.92 Å². The minimum atomic E-state index is -0.475. The van der Waals surface area contributed by atoms with Crippen LogP contribution in [0, 0.1) is 25.8 Å². The Bertz CT molecular complexity index is 836. The number of aromatic nitrogens is 1. The van der Waals surface area contributed by atoms with Gasteiger partial charge in [-0.25, -0.2) is 0 Å². The number of aryl methyl sites for hydroxylation is 2. The van der Waals surface area contributed by atoms with E-state index in [0.29, 0.717) is 11.8 Å². The fraction of sp³-hybridized carbons (Fsp3) is 0.440. The Kier molecular flexibility index (Phi) is 10.1. The van der Waals surface area contributed by atoms with Gasteiger partial charge < -0.3 is 10.1 Å². The molecule has 29 heavy (non-hydrogen) atoms. The average molecular weight is 571 g/mol. The summed E-state index contributed by atoms with van der Waals surface area (Å²) < 4.78 is 0. The zero-order valence-corrected chi connectivity index (χ0v) is 20.6. The van der Waals surface area contributed by atoms with Crippen molar-refractivity contribution in [3.63, 3.8) is 0 Å². The molecule has 2 unspecified atom stereocenters. The number of nitrogens with zero attached hydrogens (tertiary/aromatic N) is 1. The molecule has 1 aliphatic carbocycles. The summed E-state index contributed by atoms with van der Waals surface area (Å²) in [5.41, 5.74) is 7.29. The summed E-state index contributed by atoms with van der Waals surface area (Å²) >= 11 is 0. The van der Waals surface area contributed by atoms with Crippen molar-refractivity contribution in [1.29, 1.82) is 0 Å². The van der Waals surface area contributed by atoms with Crippen molar-refractivity contribution in [2.75, 3.05) is 0 Å². The van der Waals surface area contributed by atoms with Crippen LogP contribution in [0.3, 0.4) is 0 Å². The van der Waals surface area contributed by atoms with E-state index in [9.17, 15) is 4.79 Å². The second-order valence-corrected chi connectivity index (χ2v) is 8.20. The monoisotopic (exact) mass is 571 g/mol. The Hall–Kier alpha value is -1.61. The van der Waals surface area contributed by atoms with Crippen molar-refractivity contribution in [2.45, 2.75) is 66.4 Å². The first-order chi connectivity index (χ1) is 13.2. The summed E-state index contributed by atoms with van der Waals surface area (Å²) in [6.07, 6.45) is 7.43. The summed E-state index contributed by atoms with van der Waals surface area (Å²) in [5.74, 6) is 1.28. The van der Waals surface area contributed by atoms with Gasteiger partial charge in [-0.15, -0.1) is 34.9 Å². The van der Waals surface area contributed by atoms with Crippen molar-refractivity contribution in [3.05, 3.63) is 58.8 Å². The molecule has 0 spiro atoms. The van der Waals surface area contributed by atoms with Gasteiger partial charge in [-0.3, -0.25) is 4.79 Å². The number of hydrogen-bond acceptors (Lipinski definition) is 3. The smallest absolute Gasteiger partial charge is 0.132 e. The third-order valence-electron chi connectivity index (χ3n) is 4.87. The molecule has 1 aromatic heterocycles. The van der Waals surface area contributed by atoms with Gasteiger partial charge in [0.2, 0.25) is 0 Å². The van der Waals surface area contributed by atoms with E-state index in [1.165, 1.54) is 29.2 Å². The number of rotatable bonds is 4. The number of pyridine rings is 1. The minimum Gasteiger partial charge on any atom is -0.393 e. The predicted octanol–water partition coefficient (Wildman–Crippen LogP) is 5.67. The third-order valence-corrected chi connectivity index (χ3v) is 4.87. The van der Waals surface area contributed by atoms with E-state index in [1.807, 2.05) is 6.20 Å². The standard InChI is InChI=1S/C20H22N.C5H10O2.Ir/c1-13(2)18-7-5-6-16-12-21-20(11-19(16)18)17-9-14(3)8-15(4)10-17;1-4(6)3-5(2)7;/h5-6,8-9,11-13,18H,7H2,1-4H3;4,6H,3H2,1-2H3;/q-1;;. The number of carbonyl (C=O) groups is 1. The van der Waals surface area contributed by atoms with Gasteiger partial charge in [0.05, 0.1) is 6.10 Å². The number of hydrogen-bond donors (Lipinski definition) is 1. The maximum atomic E-state index is 10.1. The molecule has 1 heterocycles. The van der Waals surface area contributed by atoms with Gasteiger partial charge in [0.1, 0.15) is 5.78 Å². The molecule has 0 amide bonds. The quantitative estimate of drug-likeness (QED) is 0.483. The van der Waals surface area contributed by atoms with E-state index in [-0.39, 0.29) is 32.3 Å². The molecule has 1 N–H and O–H groups in total. The van der Waals surface area contributed by atoms with Crippen LogP contribution >= 0.6 is 0 Å². The van der Waals surface area contributed by atoms with Crippen LogP contribution < -0.4 is 0 Å². The van der Waals surface area contributed by atoms with Crippen LogP contribution in [0.1, 0.15) is 68.7 Å². The van der Waals surface area contributed by atoms with Gasteiger partial charge in [0.15, 0.2) is 0 Å². The molecule has 0 aliphatic heterocycles. The molecule has 1 radical (unpaired) electrons. The summed E-state index contributed by atoms with van der Waals surface area (Å²) in [6.45, 7) is 11.9. The number of aliphatic hydroxyl groups excluding tert-OH is 1. The van der Waals surface area contributed by atoms with Gasteiger partial charge in [0.25, 0.3) is 0 Å². The molecule has 3 nitrogen and oxygen atoms in total. The second kappa shape index (κ2) is 11.5. The van der Waals surface area contributed by atoms with Crippen molar-refractivity contribution >= 4 is 11.9 Å². The molecular weight excluding hydrogens is 538 g/mol. The van der Waals surface area contributed by atoms with Crippen LogP contribution in [0.25, 0.3) is 17.3 Å². The molecule has 159 valence electrons. The Balaban J connectivity index is 0.000000456. The Morgan fingerprint density at radius 3 is 2.45 bits per heavy atom. The number of fused-ring (bicyclic) bond motifs is 1. The number of ketones is 1. The van der Waals surface area contributed by atoms with Gasteiger partial charge >= 0.3 is 0 Å². The normalized spacial score (nSPS) is 15.7. The molecular formula is C25H32IrNO2-. The molecule has 2 aromatic rings. The summed E-state index contributed by atoms with van der Waals surface area (Å²) in [5, 5.41) is 8.50. The maximum absolute atomic E-state index is 10.1. The minimum absolute atomic E-state index is 0. The van der Waals surface area contributed by atoms with E-state index in [2.05, 4.69) is 69.1 Å². The van der Waals surface area contributed by atoms with Crippen LogP contribution in [-0.4, -0.2) is 22.0 Å². The van der Waals surface area contributed by atoms with Crippen LogP contribution in [0.2, 0.25) is 0 Å². The Morgan fingerprint density at radius 2 is 1.93 bits per heavy atom. The number of allylic oxidation sites excluding steroid dienone is 1. The van der Waals surface area contributed by atoms with Gasteiger partial charge in [-0.2, -0.15) is 0 Å². The Labute approximate surface area is 189 Å². The molecule has 3 rings (SSSR count). The maximum Gasteiger partial charge on any atom is 0.132 e. The number of Topliss-reactive ketones (excluding diaryl/α,β-unsaturated/α-hetero) is 1. The van der Waals surface area contributed by atoms with Crippen LogP contribution in [0.5, 0.6) is 0 Å². The molecule has 0 bridgehead atoms. The molecule has 1 aromatic carbocycles. The van der Waals surface area contributed by atoms with E-state index in [1.54, 1.807) is 6.92 Å². The van der Waals surface area contributed by atoms with Crippen molar-refractivity contribution in [1.82, 2.24) is 4.98 Å². The zero-order chi connectivity index (χ0) is 20.8. The number of aliphatic hydroxyl groups is 1. The largest absolute Gasteiger partial charge is 0.393 e. The van der Waals surface area contributed by atoms with Crippen LogP contribution in [0.4, 0.5) is 0 Å². The molecule has 0 fully saturated rings. The predicted molar refractivity (Wildman–Crippen MR) is 116 cm³/mol. The third kappa shape index (κ3) is 7.62. The molecule has 0 saturated heterocycles. The fourth-order valence-electron chi connectivity index (χ4n) is 3.64. The topological polar surface area (TPSA) is 50.2 Å². The van der Waals surface area contributed by atoms with Crippen LogP contribution in [0.15, 0.2) is 30.5 Å². The fourth-order valence-corrected chi connectivity index (χ4v) is 3.64. The first kappa shape index (κ1) is 25.4. The zero-order valence-electron chi connectivity index (χ0n) is 18.2. The van der Waals surface area contributed by atoms with Gasteiger partial charge in [-0.1, -0.05) is 45.9 Å². The molecule has 1 aliphatic rings. The molecule has 4 heteroatoms. The first-order valence-corrected chi connectivity index (χ1v) is 10.0. The van der Waals surface area contributed by atoms with E-state index < -0.39 is 6.10 Å². The number of benzene rings is 1. The summed E-state index contributed by atoms with van der Waals surface area (Å²) in [4.78, 5) is 14.7. The van der Waals surface area contributed by atoms with Crippen LogP contribution in [-0.2, 0) is 24.9 Å². The van der Waals surface area contributed by atoms with E-state index in [0.717, 1.165) is 17.7 Å². The summed E-state index contributed by atoms with van der Waals surface area (Å²) in [6, 6.07) is 10.0. The first-order valence-electron chi connectivity index (χ1n) is 10.0. The van der Waals surface area contributed by atoms with Crippen molar-refractivity contribution in [3.8, 4) is 11.3 Å². The Morgan fingerprint density at radius 1 is 1.24 bits per heavy atom. The van der Waals surface area contributed by atoms with E-state index in [4.69, 9.17) is 5.11 Å². The van der Waals surface area contributed by atoms with Gasteiger partial charge in [0, 0.05) is 32.7 Å². The summed E-state index contributed by atoms with van der Waals surface area (Å²) in [7, 11) is 0. The van der Waals surface area contributed by atoms with Gasteiger partial charge in [-0.05, 0) is 48.9 Å². The number of carbonyl (C=O) groups excluding carboxylic acids is 1. The van der Waals surface area contributed by atoms with E-state index >= 15 is 0 Å². The molecule has 2 atom stereocenters. The SMILES string of the molecule is CC(=O)CC(C)O.Cc1[c-]c(-c2cc3c(cn2)C=CCC3C(C)C)cc(C)c1.[Ir]. The second-order valence-electron chi connectivity index (χ2n) is 8.20. The van der Waals surface area contributed by atoms with Crippen molar-refractivity contribution < 1.29 is 30.0 Å². The average Bonchev–Trinajstić information content (AvgIpc) is 2.59. The molecule has 0 saturated carbocycles.